The third-order valence-electron chi connectivity index (χ3n) is 4.03. The van der Waals surface area contributed by atoms with E-state index in [1.807, 2.05) is 21.2 Å². The summed E-state index contributed by atoms with van der Waals surface area (Å²) in [6.45, 7) is 2.92. The van der Waals surface area contributed by atoms with Crippen molar-refractivity contribution < 1.29 is 9.59 Å². The van der Waals surface area contributed by atoms with Gasteiger partial charge < -0.3 is 9.80 Å². The van der Waals surface area contributed by atoms with Crippen LogP contribution in [0.4, 0.5) is 0 Å². The normalized spacial score (nSPS) is 19.5. The van der Waals surface area contributed by atoms with Crippen LogP contribution in [-0.2, 0) is 16.0 Å². The Morgan fingerprint density at radius 2 is 1.90 bits per heavy atom. The van der Waals surface area contributed by atoms with Gasteiger partial charge in [-0.2, -0.15) is 0 Å². The van der Waals surface area contributed by atoms with Crippen LogP contribution in [0.1, 0.15) is 24.1 Å². The second kappa shape index (κ2) is 6.48. The Morgan fingerprint density at radius 1 is 1.19 bits per heavy atom. The van der Waals surface area contributed by atoms with Crippen LogP contribution in [0.3, 0.4) is 0 Å². The van der Waals surface area contributed by atoms with E-state index in [2.05, 4.69) is 15.9 Å². The van der Waals surface area contributed by atoms with Gasteiger partial charge in [0.25, 0.3) is 0 Å². The molecule has 0 atom stereocenters. The fraction of sp³-hybridized carbons (Fsp3) is 0.600. The van der Waals surface area contributed by atoms with Gasteiger partial charge in [-0.05, 0) is 41.3 Å². The number of carbonyl (C=O) groups is 2. The number of halogens is 1. The third-order valence-corrected chi connectivity index (χ3v) is 5.73. The predicted octanol–water partition coefficient (Wildman–Crippen LogP) is 2.52. The quantitative estimate of drug-likeness (QED) is 0.819. The van der Waals surface area contributed by atoms with Crippen molar-refractivity contribution in [2.45, 2.75) is 25.7 Å². The molecule has 2 amide bonds. The summed E-state index contributed by atoms with van der Waals surface area (Å²) >= 11 is 5.02. The Bertz CT molecular complexity index is 542. The molecule has 1 aromatic rings. The lowest BCUT2D eigenvalue weighted by atomic mass is 10.3. The zero-order valence-electron chi connectivity index (χ0n) is 11.9. The zero-order valence-corrected chi connectivity index (χ0v) is 14.3. The minimum absolute atomic E-state index is 0.171. The highest BCUT2D eigenvalue weighted by Gasteiger charge is 2.34. The van der Waals surface area contributed by atoms with Gasteiger partial charge in [0.05, 0.1) is 6.42 Å². The minimum Gasteiger partial charge on any atom is -0.341 e. The van der Waals surface area contributed by atoms with Gasteiger partial charge >= 0.3 is 0 Å². The fourth-order valence-electron chi connectivity index (χ4n) is 2.68. The first-order valence-electron chi connectivity index (χ1n) is 7.43. The highest BCUT2D eigenvalue weighted by atomic mass is 79.9. The predicted molar refractivity (Wildman–Crippen MR) is 86.2 cm³/mol. The van der Waals surface area contributed by atoms with Crippen LogP contribution < -0.4 is 0 Å². The molecule has 114 valence electrons. The van der Waals surface area contributed by atoms with Crippen LogP contribution in [0, 0.1) is 5.92 Å². The number of amides is 2. The SMILES string of the molecule is O=C(Cc1cc(Br)cs1)N1CCCN(C(=O)C2CC2)CC1. The van der Waals surface area contributed by atoms with Crippen LogP contribution >= 0.6 is 27.3 Å². The number of carbonyl (C=O) groups excluding carboxylic acids is 2. The largest absolute Gasteiger partial charge is 0.341 e. The van der Waals surface area contributed by atoms with Crippen LogP contribution in [-0.4, -0.2) is 47.8 Å². The summed E-state index contributed by atoms with van der Waals surface area (Å²) in [4.78, 5) is 29.4. The molecule has 0 aromatic carbocycles. The lowest BCUT2D eigenvalue weighted by Crippen LogP contribution is -2.38. The molecule has 0 spiro atoms. The van der Waals surface area contributed by atoms with E-state index in [4.69, 9.17) is 0 Å². The number of hydrogen-bond donors (Lipinski definition) is 0. The highest BCUT2D eigenvalue weighted by Crippen LogP contribution is 2.31. The third kappa shape index (κ3) is 3.86. The Kier molecular flexibility index (Phi) is 4.64. The Balaban J connectivity index is 1.54. The molecule has 1 aromatic heterocycles. The number of thiophene rings is 1. The van der Waals surface area contributed by atoms with Crippen LogP contribution in [0.5, 0.6) is 0 Å². The molecule has 0 bridgehead atoms. The van der Waals surface area contributed by atoms with E-state index in [1.54, 1.807) is 11.3 Å². The molecular formula is C15H19BrN2O2S. The molecule has 1 aliphatic carbocycles. The lowest BCUT2D eigenvalue weighted by molar-refractivity contribution is -0.134. The highest BCUT2D eigenvalue weighted by molar-refractivity contribution is 9.10. The maximum atomic E-state index is 12.4. The van der Waals surface area contributed by atoms with E-state index in [0.29, 0.717) is 25.4 Å². The van der Waals surface area contributed by atoms with Gasteiger partial charge in [-0.15, -0.1) is 11.3 Å². The molecule has 1 saturated carbocycles. The maximum Gasteiger partial charge on any atom is 0.227 e. The number of nitrogens with zero attached hydrogens (tertiary/aromatic N) is 2. The van der Waals surface area contributed by atoms with Crippen molar-refractivity contribution in [1.82, 2.24) is 9.80 Å². The van der Waals surface area contributed by atoms with E-state index in [9.17, 15) is 9.59 Å². The van der Waals surface area contributed by atoms with Crippen molar-refractivity contribution >= 4 is 39.1 Å². The molecule has 0 unspecified atom stereocenters. The first-order chi connectivity index (χ1) is 10.1. The molecule has 0 radical (unpaired) electrons. The summed E-state index contributed by atoms with van der Waals surface area (Å²) in [7, 11) is 0. The van der Waals surface area contributed by atoms with Crippen LogP contribution in [0.2, 0.25) is 0 Å². The molecule has 2 heterocycles. The first kappa shape index (κ1) is 15.0. The van der Waals surface area contributed by atoms with Crippen molar-refractivity contribution in [1.29, 1.82) is 0 Å². The van der Waals surface area contributed by atoms with Crippen molar-refractivity contribution in [2.24, 2.45) is 5.92 Å². The van der Waals surface area contributed by atoms with Gasteiger partial charge in [0, 0.05) is 46.8 Å². The molecule has 2 aliphatic rings. The average Bonchev–Trinajstić information content (AvgIpc) is 3.26. The molecular weight excluding hydrogens is 352 g/mol. The van der Waals surface area contributed by atoms with E-state index >= 15 is 0 Å². The first-order valence-corrected chi connectivity index (χ1v) is 9.10. The topological polar surface area (TPSA) is 40.6 Å². The van der Waals surface area contributed by atoms with Gasteiger partial charge in [0.15, 0.2) is 0 Å². The molecule has 4 nitrogen and oxygen atoms in total. The summed E-state index contributed by atoms with van der Waals surface area (Å²) in [6, 6.07) is 2.00. The zero-order chi connectivity index (χ0) is 14.8. The molecule has 1 aliphatic heterocycles. The van der Waals surface area contributed by atoms with Gasteiger partial charge in [0.1, 0.15) is 0 Å². The summed E-state index contributed by atoms with van der Waals surface area (Å²) in [5.41, 5.74) is 0. The van der Waals surface area contributed by atoms with E-state index in [-0.39, 0.29) is 11.8 Å². The Hall–Kier alpha value is -0.880. The van der Waals surface area contributed by atoms with Gasteiger partial charge in [-0.3, -0.25) is 9.59 Å². The molecule has 2 fully saturated rings. The van der Waals surface area contributed by atoms with Gasteiger partial charge in [-0.1, -0.05) is 0 Å². The van der Waals surface area contributed by atoms with Crippen molar-refractivity contribution in [3.05, 3.63) is 20.8 Å². The summed E-state index contributed by atoms with van der Waals surface area (Å²) in [6.07, 6.45) is 3.45. The van der Waals surface area contributed by atoms with E-state index in [1.165, 1.54) is 0 Å². The summed E-state index contributed by atoms with van der Waals surface area (Å²) in [5.74, 6) is 0.743. The van der Waals surface area contributed by atoms with E-state index < -0.39 is 0 Å². The second-order valence-electron chi connectivity index (χ2n) is 5.74. The Labute approximate surface area is 137 Å². The fourth-order valence-corrected chi connectivity index (χ4v) is 4.13. The standard InChI is InChI=1S/C15H19BrN2O2S/c16-12-8-13(21-10-12)9-14(19)17-4-1-5-18(7-6-17)15(20)11-2-3-11/h8,10-11H,1-7,9H2. The number of hydrogen-bond acceptors (Lipinski definition) is 3. The molecule has 3 rings (SSSR count). The van der Waals surface area contributed by atoms with Gasteiger partial charge in [-0.25, -0.2) is 0 Å². The molecule has 21 heavy (non-hydrogen) atoms. The minimum atomic E-state index is 0.171. The smallest absolute Gasteiger partial charge is 0.227 e. The summed E-state index contributed by atoms with van der Waals surface area (Å²) < 4.78 is 1.03. The molecule has 0 N–H and O–H groups in total. The molecule has 1 saturated heterocycles. The van der Waals surface area contributed by atoms with Crippen LogP contribution in [0.25, 0.3) is 0 Å². The van der Waals surface area contributed by atoms with Crippen molar-refractivity contribution in [3.63, 3.8) is 0 Å². The lowest BCUT2D eigenvalue weighted by Gasteiger charge is -2.22. The van der Waals surface area contributed by atoms with Crippen molar-refractivity contribution in [3.8, 4) is 0 Å². The Morgan fingerprint density at radius 3 is 2.57 bits per heavy atom. The second-order valence-corrected chi connectivity index (χ2v) is 7.65. The average molecular weight is 371 g/mol. The van der Waals surface area contributed by atoms with Gasteiger partial charge in [0.2, 0.25) is 11.8 Å². The monoisotopic (exact) mass is 370 g/mol. The molecule has 6 heteroatoms. The van der Waals surface area contributed by atoms with E-state index in [0.717, 1.165) is 41.7 Å². The van der Waals surface area contributed by atoms with Crippen molar-refractivity contribution in [2.75, 3.05) is 26.2 Å². The number of rotatable bonds is 3. The maximum absolute atomic E-state index is 12.4. The van der Waals surface area contributed by atoms with Crippen LogP contribution in [0.15, 0.2) is 15.9 Å². The summed E-state index contributed by atoms with van der Waals surface area (Å²) in [5, 5.41) is 2.00.